The maximum Gasteiger partial charge on any atom is 0.0206 e. The van der Waals surface area contributed by atoms with Crippen LogP contribution in [0.5, 0.6) is 0 Å². The van der Waals surface area contributed by atoms with E-state index in [0.29, 0.717) is 6.04 Å². The van der Waals surface area contributed by atoms with E-state index in [1.54, 1.807) is 0 Å². The minimum absolute atomic E-state index is 0.618. The first-order valence-corrected chi connectivity index (χ1v) is 6.54. The van der Waals surface area contributed by atoms with Gasteiger partial charge in [-0.2, -0.15) is 0 Å². The molecule has 0 fully saturated rings. The number of hydrogen-bond acceptors (Lipinski definition) is 2. The zero-order valence-corrected chi connectivity index (χ0v) is 11.9. The minimum atomic E-state index is 0.618. The summed E-state index contributed by atoms with van der Waals surface area (Å²) in [5, 5.41) is 3.45. The van der Waals surface area contributed by atoms with Crippen LogP contribution < -0.4 is 5.32 Å². The third kappa shape index (κ3) is 5.10. The highest BCUT2D eigenvalue weighted by Gasteiger charge is 2.01. The summed E-state index contributed by atoms with van der Waals surface area (Å²) in [6, 6.07) is 9.04. The lowest BCUT2D eigenvalue weighted by atomic mass is 10.2. The molecular weight excluding hydrogens is 264 g/mol. The van der Waals surface area contributed by atoms with E-state index >= 15 is 0 Å². The van der Waals surface area contributed by atoms with Gasteiger partial charge in [-0.25, -0.2) is 0 Å². The van der Waals surface area contributed by atoms with Gasteiger partial charge in [0.2, 0.25) is 0 Å². The molecule has 0 amide bonds. The Labute approximate surface area is 107 Å². The molecule has 0 radical (unpaired) electrons. The number of nitrogens with one attached hydrogen (secondary N) is 1. The first-order chi connectivity index (χ1) is 7.59. The third-order valence-corrected chi connectivity index (χ3v) is 3.23. The standard InChI is InChI=1S/C13H21BrN2/c1-11(2)16(3)8-7-15-10-12-5-4-6-13(14)9-12/h4-6,9,11,15H,7-8,10H2,1-3H3. The average molecular weight is 285 g/mol. The van der Waals surface area contributed by atoms with Gasteiger partial charge in [0.05, 0.1) is 0 Å². The average Bonchev–Trinajstić information content (AvgIpc) is 2.24. The van der Waals surface area contributed by atoms with Gasteiger partial charge >= 0.3 is 0 Å². The number of likely N-dealkylation sites (N-methyl/N-ethyl adjacent to an activating group) is 1. The molecule has 1 aromatic rings. The fourth-order valence-corrected chi connectivity index (χ4v) is 1.84. The lowest BCUT2D eigenvalue weighted by Gasteiger charge is -2.20. The normalized spacial score (nSPS) is 11.4. The summed E-state index contributed by atoms with van der Waals surface area (Å²) in [5.74, 6) is 0. The van der Waals surface area contributed by atoms with Crippen molar-refractivity contribution in [1.82, 2.24) is 10.2 Å². The molecule has 0 aliphatic carbocycles. The molecule has 0 saturated heterocycles. The zero-order chi connectivity index (χ0) is 12.0. The Morgan fingerprint density at radius 2 is 2.12 bits per heavy atom. The minimum Gasteiger partial charge on any atom is -0.311 e. The molecule has 0 aliphatic rings. The summed E-state index contributed by atoms with van der Waals surface area (Å²) >= 11 is 3.48. The summed E-state index contributed by atoms with van der Waals surface area (Å²) in [5.41, 5.74) is 1.32. The Balaban J connectivity index is 2.21. The molecular formula is C13H21BrN2. The van der Waals surface area contributed by atoms with E-state index in [-0.39, 0.29) is 0 Å². The molecule has 0 aliphatic heterocycles. The number of nitrogens with zero attached hydrogens (tertiary/aromatic N) is 1. The molecule has 3 heteroatoms. The summed E-state index contributed by atoms with van der Waals surface area (Å²) in [4.78, 5) is 2.34. The highest BCUT2D eigenvalue weighted by atomic mass is 79.9. The quantitative estimate of drug-likeness (QED) is 0.809. The lowest BCUT2D eigenvalue weighted by molar-refractivity contribution is 0.273. The van der Waals surface area contributed by atoms with Crippen molar-refractivity contribution in [3.63, 3.8) is 0 Å². The van der Waals surface area contributed by atoms with E-state index in [1.165, 1.54) is 5.56 Å². The van der Waals surface area contributed by atoms with E-state index < -0.39 is 0 Å². The fourth-order valence-electron chi connectivity index (χ4n) is 1.39. The highest BCUT2D eigenvalue weighted by molar-refractivity contribution is 9.10. The van der Waals surface area contributed by atoms with Gasteiger partial charge in [-0.05, 0) is 38.6 Å². The van der Waals surface area contributed by atoms with Crippen LogP contribution in [0.25, 0.3) is 0 Å². The lowest BCUT2D eigenvalue weighted by Crippen LogP contribution is -2.33. The second-order valence-electron chi connectivity index (χ2n) is 4.38. The predicted octanol–water partition coefficient (Wildman–Crippen LogP) is 2.88. The van der Waals surface area contributed by atoms with Crippen LogP contribution in [0.15, 0.2) is 28.7 Å². The van der Waals surface area contributed by atoms with Gasteiger partial charge < -0.3 is 10.2 Å². The first kappa shape index (κ1) is 13.7. The van der Waals surface area contributed by atoms with Gasteiger partial charge in [0.1, 0.15) is 0 Å². The SMILES string of the molecule is CC(C)N(C)CCNCc1cccc(Br)c1. The zero-order valence-electron chi connectivity index (χ0n) is 10.3. The van der Waals surface area contributed by atoms with Gasteiger partial charge in [0.25, 0.3) is 0 Å². The van der Waals surface area contributed by atoms with E-state index in [4.69, 9.17) is 0 Å². The first-order valence-electron chi connectivity index (χ1n) is 5.75. The van der Waals surface area contributed by atoms with Crippen molar-refractivity contribution in [2.45, 2.75) is 26.4 Å². The monoisotopic (exact) mass is 284 g/mol. The second-order valence-corrected chi connectivity index (χ2v) is 5.30. The molecule has 0 aromatic heterocycles. The molecule has 1 rings (SSSR count). The summed E-state index contributed by atoms with van der Waals surface area (Å²) in [7, 11) is 2.16. The van der Waals surface area contributed by atoms with Crippen LogP contribution in [0.4, 0.5) is 0 Å². The summed E-state index contributed by atoms with van der Waals surface area (Å²) in [6.45, 7) is 7.49. The Hall–Kier alpha value is -0.380. The Morgan fingerprint density at radius 1 is 1.38 bits per heavy atom. The topological polar surface area (TPSA) is 15.3 Å². The molecule has 0 unspecified atom stereocenters. The Morgan fingerprint density at radius 3 is 2.75 bits per heavy atom. The number of benzene rings is 1. The Bertz CT molecular complexity index is 313. The van der Waals surface area contributed by atoms with Crippen molar-refractivity contribution in [2.24, 2.45) is 0 Å². The molecule has 90 valence electrons. The maximum absolute atomic E-state index is 3.48. The number of rotatable bonds is 6. The second kappa shape index (κ2) is 7.05. The van der Waals surface area contributed by atoms with E-state index in [9.17, 15) is 0 Å². The van der Waals surface area contributed by atoms with Gasteiger partial charge in [-0.3, -0.25) is 0 Å². The van der Waals surface area contributed by atoms with Crippen LogP contribution in [0.1, 0.15) is 19.4 Å². The van der Waals surface area contributed by atoms with Crippen molar-refractivity contribution >= 4 is 15.9 Å². The molecule has 0 atom stereocenters. The van der Waals surface area contributed by atoms with Crippen molar-refractivity contribution in [2.75, 3.05) is 20.1 Å². The van der Waals surface area contributed by atoms with E-state index in [1.807, 2.05) is 0 Å². The van der Waals surface area contributed by atoms with Crippen LogP contribution >= 0.6 is 15.9 Å². The van der Waals surface area contributed by atoms with Crippen molar-refractivity contribution in [1.29, 1.82) is 0 Å². The third-order valence-electron chi connectivity index (χ3n) is 2.74. The van der Waals surface area contributed by atoms with Crippen LogP contribution in [0.2, 0.25) is 0 Å². The summed E-state index contributed by atoms with van der Waals surface area (Å²) < 4.78 is 1.14. The molecule has 0 heterocycles. The molecule has 0 bridgehead atoms. The van der Waals surface area contributed by atoms with Crippen molar-refractivity contribution in [3.05, 3.63) is 34.3 Å². The van der Waals surface area contributed by atoms with Gasteiger partial charge in [0, 0.05) is 30.1 Å². The van der Waals surface area contributed by atoms with Crippen LogP contribution in [0, 0.1) is 0 Å². The molecule has 2 nitrogen and oxygen atoms in total. The largest absolute Gasteiger partial charge is 0.311 e. The molecule has 0 spiro atoms. The van der Waals surface area contributed by atoms with E-state index in [0.717, 1.165) is 24.1 Å². The van der Waals surface area contributed by atoms with Crippen LogP contribution in [0.3, 0.4) is 0 Å². The highest BCUT2D eigenvalue weighted by Crippen LogP contribution is 2.11. The summed E-state index contributed by atoms with van der Waals surface area (Å²) in [6.07, 6.45) is 0. The predicted molar refractivity (Wildman–Crippen MR) is 73.6 cm³/mol. The van der Waals surface area contributed by atoms with Crippen molar-refractivity contribution < 1.29 is 0 Å². The van der Waals surface area contributed by atoms with Gasteiger partial charge in [0.15, 0.2) is 0 Å². The van der Waals surface area contributed by atoms with Gasteiger partial charge in [-0.1, -0.05) is 28.1 Å². The smallest absolute Gasteiger partial charge is 0.0206 e. The Kier molecular flexibility index (Phi) is 6.03. The molecule has 1 aromatic carbocycles. The van der Waals surface area contributed by atoms with Crippen LogP contribution in [-0.2, 0) is 6.54 Å². The molecule has 16 heavy (non-hydrogen) atoms. The van der Waals surface area contributed by atoms with Gasteiger partial charge in [-0.15, -0.1) is 0 Å². The van der Waals surface area contributed by atoms with Crippen LogP contribution in [-0.4, -0.2) is 31.1 Å². The van der Waals surface area contributed by atoms with Crippen molar-refractivity contribution in [3.8, 4) is 0 Å². The number of hydrogen-bond donors (Lipinski definition) is 1. The van der Waals surface area contributed by atoms with E-state index in [2.05, 4.69) is 71.3 Å². The molecule has 1 N–H and O–H groups in total. The fraction of sp³-hybridized carbons (Fsp3) is 0.538. The molecule has 0 saturated carbocycles. The number of halogens is 1. The maximum atomic E-state index is 3.48.